The second-order valence-corrected chi connectivity index (χ2v) is 15.6. The Morgan fingerprint density at radius 3 is 1.54 bits per heavy atom. The van der Waals surface area contributed by atoms with Crippen molar-refractivity contribution in [1.29, 1.82) is 0 Å². The summed E-state index contributed by atoms with van der Waals surface area (Å²) in [5.41, 5.74) is 20.9. The van der Waals surface area contributed by atoms with Crippen molar-refractivity contribution in [3.05, 3.63) is 172 Å². The molecule has 0 saturated carbocycles. The number of anilines is 3. The molecule has 0 unspecified atom stereocenters. The van der Waals surface area contributed by atoms with Gasteiger partial charge in [0, 0.05) is 27.9 Å². The monoisotopic (exact) mass is 645 g/mol. The third kappa shape index (κ3) is 4.39. The van der Waals surface area contributed by atoms with Gasteiger partial charge in [-0.05, 0) is 147 Å². The standard InChI is InChI=1S/C49H43N/c1-30-16-20-33(21-17-30)50(34-22-18-31(2)19-23-34)35-24-25-38-41-28-45-42(29-44(41)48(4,5)43(38)26-35)47-39-15-11-10-14-37(39)40(27-46(47)49(45,6)7)36-13-9-8-12-32(36)3/h8-29H,1-7H3. The Hall–Kier alpha value is -5.40. The Morgan fingerprint density at radius 1 is 0.380 bits per heavy atom. The largest absolute Gasteiger partial charge is 0.310 e. The molecule has 2 aliphatic carbocycles. The van der Waals surface area contributed by atoms with Crippen LogP contribution in [0.4, 0.5) is 17.1 Å². The quantitative estimate of drug-likeness (QED) is 0.184. The van der Waals surface area contributed by atoms with Gasteiger partial charge in [0.25, 0.3) is 0 Å². The van der Waals surface area contributed by atoms with Gasteiger partial charge in [0.05, 0.1) is 0 Å². The minimum atomic E-state index is -0.161. The summed E-state index contributed by atoms with van der Waals surface area (Å²) in [7, 11) is 0. The summed E-state index contributed by atoms with van der Waals surface area (Å²) in [6.07, 6.45) is 0. The van der Waals surface area contributed by atoms with Crippen LogP contribution in [0, 0.1) is 20.8 Å². The van der Waals surface area contributed by atoms with Crippen LogP contribution in [0.5, 0.6) is 0 Å². The Bertz CT molecular complexity index is 2450. The Kier molecular flexibility index (Phi) is 6.62. The predicted octanol–water partition coefficient (Wildman–Crippen LogP) is 13.5. The van der Waals surface area contributed by atoms with Crippen molar-refractivity contribution in [2.75, 3.05) is 4.90 Å². The van der Waals surface area contributed by atoms with Crippen LogP contribution >= 0.6 is 0 Å². The maximum absolute atomic E-state index is 2.55. The van der Waals surface area contributed by atoms with Crippen molar-refractivity contribution in [2.45, 2.75) is 59.3 Å². The van der Waals surface area contributed by atoms with E-state index < -0.39 is 0 Å². The number of hydrogen-bond acceptors (Lipinski definition) is 1. The molecule has 0 heterocycles. The second-order valence-electron chi connectivity index (χ2n) is 15.6. The van der Waals surface area contributed by atoms with Gasteiger partial charge in [-0.1, -0.05) is 118 Å². The molecule has 0 radical (unpaired) electrons. The fourth-order valence-electron chi connectivity index (χ4n) is 8.87. The van der Waals surface area contributed by atoms with E-state index in [0.29, 0.717) is 0 Å². The van der Waals surface area contributed by atoms with E-state index in [-0.39, 0.29) is 10.8 Å². The summed E-state index contributed by atoms with van der Waals surface area (Å²) < 4.78 is 0. The highest BCUT2D eigenvalue weighted by atomic mass is 15.1. The number of fused-ring (bicyclic) bond motifs is 8. The smallest absolute Gasteiger partial charge is 0.0465 e. The first-order valence-corrected chi connectivity index (χ1v) is 17.9. The molecule has 9 rings (SSSR count). The number of hydrogen-bond donors (Lipinski definition) is 0. The molecule has 0 aromatic heterocycles. The molecule has 0 amide bonds. The normalized spacial score (nSPS) is 14.6. The van der Waals surface area contributed by atoms with Gasteiger partial charge >= 0.3 is 0 Å². The van der Waals surface area contributed by atoms with E-state index in [1.165, 1.54) is 100 Å². The molecule has 1 heteroatoms. The maximum atomic E-state index is 2.55. The van der Waals surface area contributed by atoms with E-state index in [2.05, 4.69) is 187 Å². The topological polar surface area (TPSA) is 3.24 Å². The molecule has 7 aromatic carbocycles. The summed E-state index contributed by atoms with van der Waals surface area (Å²) in [5.74, 6) is 0. The fraction of sp³-hybridized carbons (Fsp3) is 0.184. The first-order valence-electron chi connectivity index (χ1n) is 17.9. The Balaban J connectivity index is 1.22. The zero-order chi connectivity index (χ0) is 34.5. The first kappa shape index (κ1) is 30.6. The SMILES string of the molecule is Cc1ccc(N(c2ccc(C)cc2)c2ccc3c(c2)C(C)(C)c2cc4c(cc2-3)C(C)(C)c2cc(-c3ccccc3C)c3ccccc3c2-4)cc1. The van der Waals surface area contributed by atoms with Crippen molar-refractivity contribution in [2.24, 2.45) is 0 Å². The van der Waals surface area contributed by atoms with E-state index in [1.54, 1.807) is 0 Å². The molecule has 0 atom stereocenters. The average molecular weight is 646 g/mol. The summed E-state index contributed by atoms with van der Waals surface area (Å²) >= 11 is 0. The van der Waals surface area contributed by atoms with E-state index in [1.807, 2.05) is 0 Å². The van der Waals surface area contributed by atoms with Crippen molar-refractivity contribution >= 4 is 27.8 Å². The van der Waals surface area contributed by atoms with Gasteiger partial charge in [0.15, 0.2) is 0 Å². The van der Waals surface area contributed by atoms with Gasteiger partial charge < -0.3 is 4.90 Å². The highest BCUT2D eigenvalue weighted by molar-refractivity contribution is 6.10. The predicted molar refractivity (Wildman–Crippen MR) is 213 cm³/mol. The molecule has 0 saturated heterocycles. The van der Waals surface area contributed by atoms with Crippen molar-refractivity contribution in [1.82, 2.24) is 0 Å². The molecule has 0 N–H and O–H groups in total. The molecule has 244 valence electrons. The van der Waals surface area contributed by atoms with Crippen LogP contribution in [0.2, 0.25) is 0 Å². The zero-order valence-corrected chi connectivity index (χ0v) is 30.1. The summed E-state index contributed by atoms with van der Waals surface area (Å²) in [4.78, 5) is 2.40. The number of rotatable bonds is 4. The second kappa shape index (κ2) is 10.8. The van der Waals surface area contributed by atoms with Gasteiger partial charge in [-0.25, -0.2) is 0 Å². The van der Waals surface area contributed by atoms with Crippen molar-refractivity contribution < 1.29 is 0 Å². The van der Waals surface area contributed by atoms with E-state index in [0.717, 1.165) is 0 Å². The summed E-state index contributed by atoms with van der Waals surface area (Å²) in [6, 6.07) is 50.4. The molecule has 50 heavy (non-hydrogen) atoms. The van der Waals surface area contributed by atoms with E-state index in [9.17, 15) is 0 Å². The number of benzene rings is 7. The number of aryl methyl sites for hydroxylation is 3. The molecule has 0 fully saturated rings. The highest BCUT2D eigenvalue weighted by Crippen LogP contribution is 2.58. The van der Waals surface area contributed by atoms with Crippen LogP contribution in [0.3, 0.4) is 0 Å². The van der Waals surface area contributed by atoms with Crippen LogP contribution in [0.25, 0.3) is 44.2 Å². The number of nitrogens with zero attached hydrogens (tertiary/aromatic N) is 1. The van der Waals surface area contributed by atoms with Gasteiger partial charge in [-0.15, -0.1) is 0 Å². The average Bonchev–Trinajstić information content (AvgIpc) is 3.48. The van der Waals surface area contributed by atoms with E-state index in [4.69, 9.17) is 0 Å². The van der Waals surface area contributed by atoms with E-state index >= 15 is 0 Å². The molecule has 2 aliphatic rings. The lowest BCUT2D eigenvalue weighted by Gasteiger charge is -2.28. The van der Waals surface area contributed by atoms with Crippen LogP contribution in [0.1, 0.15) is 66.6 Å². The molecule has 0 aliphatic heterocycles. The van der Waals surface area contributed by atoms with Crippen LogP contribution in [0.15, 0.2) is 133 Å². The Labute approximate surface area is 296 Å². The van der Waals surface area contributed by atoms with Crippen LogP contribution < -0.4 is 4.90 Å². The lowest BCUT2D eigenvalue weighted by Crippen LogP contribution is -2.17. The first-order chi connectivity index (χ1) is 24.0. The molecular weight excluding hydrogens is 603 g/mol. The van der Waals surface area contributed by atoms with Gasteiger partial charge in [0.1, 0.15) is 0 Å². The molecule has 7 aromatic rings. The zero-order valence-electron chi connectivity index (χ0n) is 30.1. The minimum absolute atomic E-state index is 0.137. The molecule has 0 spiro atoms. The van der Waals surface area contributed by atoms with Crippen LogP contribution in [-0.4, -0.2) is 0 Å². The van der Waals surface area contributed by atoms with Crippen molar-refractivity contribution in [3.8, 4) is 33.4 Å². The van der Waals surface area contributed by atoms with Crippen LogP contribution in [-0.2, 0) is 10.8 Å². The summed E-state index contributed by atoms with van der Waals surface area (Å²) in [5, 5.41) is 2.67. The lowest BCUT2D eigenvalue weighted by atomic mass is 9.78. The highest BCUT2D eigenvalue weighted by Gasteiger charge is 2.43. The minimum Gasteiger partial charge on any atom is -0.310 e. The summed E-state index contributed by atoms with van der Waals surface area (Å²) in [6.45, 7) is 16.2. The van der Waals surface area contributed by atoms with Gasteiger partial charge in [-0.2, -0.15) is 0 Å². The Morgan fingerprint density at radius 2 is 0.880 bits per heavy atom. The maximum Gasteiger partial charge on any atom is 0.0465 e. The third-order valence-electron chi connectivity index (χ3n) is 11.7. The molecule has 0 bridgehead atoms. The molecule has 1 nitrogen and oxygen atoms in total. The van der Waals surface area contributed by atoms with Crippen molar-refractivity contribution in [3.63, 3.8) is 0 Å². The molecular formula is C49H43N. The van der Waals surface area contributed by atoms with Gasteiger partial charge in [0.2, 0.25) is 0 Å². The lowest BCUT2D eigenvalue weighted by molar-refractivity contribution is 0.652. The fourth-order valence-corrected chi connectivity index (χ4v) is 8.87. The third-order valence-corrected chi connectivity index (χ3v) is 11.7. The van der Waals surface area contributed by atoms with Gasteiger partial charge in [-0.3, -0.25) is 0 Å².